The summed E-state index contributed by atoms with van der Waals surface area (Å²) in [6.45, 7) is 1.93. The molecule has 0 fully saturated rings. The largest absolute Gasteiger partial charge is 0.323 e. The summed E-state index contributed by atoms with van der Waals surface area (Å²) in [4.78, 5) is 0. The van der Waals surface area contributed by atoms with Gasteiger partial charge >= 0.3 is 0 Å². The molecule has 2 rings (SSSR count). The second-order valence-electron chi connectivity index (χ2n) is 3.70. The van der Waals surface area contributed by atoms with E-state index in [0.29, 0.717) is 11.4 Å². The van der Waals surface area contributed by atoms with Crippen LogP contribution in [0.2, 0.25) is 0 Å². The van der Waals surface area contributed by atoms with Crippen LogP contribution in [0.1, 0.15) is 25.1 Å². The topological polar surface area (TPSA) is 56.7 Å². The Balaban J connectivity index is 2.33. The molecular formula is C11H12F2N4. The van der Waals surface area contributed by atoms with E-state index in [1.807, 2.05) is 6.92 Å². The Morgan fingerprint density at radius 3 is 2.76 bits per heavy atom. The smallest absolute Gasteiger partial charge is 0.160 e. The van der Waals surface area contributed by atoms with Crippen molar-refractivity contribution in [3.63, 3.8) is 0 Å². The first-order valence-corrected chi connectivity index (χ1v) is 5.25. The van der Waals surface area contributed by atoms with Crippen LogP contribution in [0.5, 0.6) is 0 Å². The quantitative estimate of drug-likeness (QED) is 0.889. The molecular weight excluding hydrogens is 226 g/mol. The van der Waals surface area contributed by atoms with Gasteiger partial charge in [-0.3, -0.25) is 0 Å². The number of hydrogen-bond acceptors (Lipinski definition) is 3. The molecule has 0 amide bonds. The van der Waals surface area contributed by atoms with Gasteiger partial charge in [0, 0.05) is 6.07 Å². The predicted octanol–water partition coefficient (Wildman–Crippen LogP) is 1.96. The molecule has 90 valence electrons. The van der Waals surface area contributed by atoms with Crippen molar-refractivity contribution in [1.29, 1.82) is 0 Å². The SMILES string of the molecule is CCC(N)c1cn(-c2ccc(F)c(F)c2)nn1. The van der Waals surface area contributed by atoms with Gasteiger partial charge in [0.15, 0.2) is 11.6 Å². The maximum Gasteiger partial charge on any atom is 0.160 e. The van der Waals surface area contributed by atoms with E-state index in [9.17, 15) is 8.78 Å². The summed E-state index contributed by atoms with van der Waals surface area (Å²) in [6.07, 6.45) is 2.34. The zero-order valence-corrected chi connectivity index (χ0v) is 9.27. The lowest BCUT2D eigenvalue weighted by Gasteiger charge is -2.02. The highest BCUT2D eigenvalue weighted by Crippen LogP contribution is 2.15. The van der Waals surface area contributed by atoms with Crippen LogP contribution in [0.25, 0.3) is 5.69 Å². The molecule has 2 N–H and O–H groups in total. The lowest BCUT2D eigenvalue weighted by molar-refractivity contribution is 0.507. The third kappa shape index (κ3) is 2.31. The number of nitrogens with two attached hydrogens (primary N) is 1. The molecule has 0 bridgehead atoms. The lowest BCUT2D eigenvalue weighted by atomic mass is 10.2. The van der Waals surface area contributed by atoms with Crippen LogP contribution >= 0.6 is 0 Å². The average Bonchev–Trinajstić information content (AvgIpc) is 2.81. The van der Waals surface area contributed by atoms with Crippen LogP contribution in [0, 0.1) is 11.6 Å². The van der Waals surface area contributed by atoms with Gasteiger partial charge in [-0.25, -0.2) is 13.5 Å². The molecule has 0 aliphatic carbocycles. The molecule has 0 aliphatic rings. The molecule has 1 aromatic heterocycles. The molecule has 0 radical (unpaired) electrons. The fraction of sp³-hybridized carbons (Fsp3) is 0.273. The zero-order chi connectivity index (χ0) is 12.4. The summed E-state index contributed by atoms with van der Waals surface area (Å²) in [5.41, 5.74) is 6.82. The van der Waals surface area contributed by atoms with E-state index in [1.54, 1.807) is 6.20 Å². The number of rotatable bonds is 3. The van der Waals surface area contributed by atoms with E-state index in [-0.39, 0.29) is 6.04 Å². The van der Waals surface area contributed by atoms with E-state index in [1.165, 1.54) is 10.7 Å². The second kappa shape index (κ2) is 4.58. The van der Waals surface area contributed by atoms with Crippen molar-refractivity contribution in [3.05, 3.63) is 41.7 Å². The fourth-order valence-corrected chi connectivity index (χ4v) is 1.41. The van der Waals surface area contributed by atoms with E-state index in [0.717, 1.165) is 18.6 Å². The van der Waals surface area contributed by atoms with Crippen LogP contribution in [-0.4, -0.2) is 15.0 Å². The molecule has 1 heterocycles. The summed E-state index contributed by atoms with van der Waals surface area (Å²) in [5.74, 6) is -1.81. The van der Waals surface area contributed by atoms with Gasteiger partial charge in [0.25, 0.3) is 0 Å². The first kappa shape index (κ1) is 11.7. The van der Waals surface area contributed by atoms with Crippen LogP contribution in [0.3, 0.4) is 0 Å². The summed E-state index contributed by atoms with van der Waals surface area (Å²) in [7, 11) is 0. The van der Waals surface area contributed by atoms with Gasteiger partial charge in [-0.2, -0.15) is 0 Å². The second-order valence-corrected chi connectivity index (χ2v) is 3.70. The van der Waals surface area contributed by atoms with Crippen molar-refractivity contribution in [2.75, 3.05) is 0 Å². The van der Waals surface area contributed by atoms with Crippen molar-refractivity contribution in [1.82, 2.24) is 15.0 Å². The van der Waals surface area contributed by atoms with E-state index in [2.05, 4.69) is 10.3 Å². The molecule has 1 aromatic carbocycles. The van der Waals surface area contributed by atoms with E-state index >= 15 is 0 Å². The number of nitrogens with zero attached hydrogens (tertiary/aromatic N) is 3. The highest BCUT2D eigenvalue weighted by atomic mass is 19.2. The van der Waals surface area contributed by atoms with E-state index < -0.39 is 11.6 Å². The maximum atomic E-state index is 13.0. The van der Waals surface area contributed by atoms with Gasteiger partial charge in [0.1, 0.15) is 0 Å². The van der Waals surface area contributed by atoms with Crippen LogP contribution in [0.4, 0.5) is 8.78 Å². The Bertz CT molecular complexity index is 524. The first-order chi connectivity index (χ1) is 8.11. The molecule has 2 aromatic rings. The van der Waals surface area contributed by atoms with Gasteiger partial charge in [-0.15, -0.1) is 5.10 Å². The standard InChI is InChI=1S/C11H12F2N4/c1-2-10(14)11-6-17(16-15-11)7-3-4-8(12)9(13)5-7/h3-6,10H,2,14H2,1H3. The Kier molecular flexibility index (Phi) is 3.14. The van der Waals surface area contributed by atoms with Crippen LogP contribution in [-0.2, 0) is 0 Å². The van der Waals surface area contributed by atoms with Gasteiger partial charge in [0.05, 0.1) is 23.6 Å². The van der Waals surface area contributed by atoms with E-state index in [4.69, 9.17) is 5.73 Å². The summed E-state index contributed by atoms with van der Waals surface area (Å²) in [6, 6.07) is 3.33. The van der Waals surface area contributed by atoms with Crippen LogP contribution in [0.15, 0.2) is 24.4 Å². The van der Waals surface area contributed by atoms with Gasteiger partial charge in [-0.05, 0) is 18.6 Å². The van der Waals surface area contributed by atoms with Crippen molar-refractivity contribution in [2.24, 2.45) is 5.73 Å². The number of halogens is 2. The zero-order valence-electron chi connectivity index (χ0n) is 9.27. The molecule has 0 saturated carbocycles. The first-order valence-electron chi connectivity index (χ1n) is 5.25. The van der Waals surface area contributed by atoms with Gasteiger partial charge in [0.2, 0.25) is 0 Å². The fourth-order valence-electron chi connectivity index (χ4n) is 1.41. The Morgan fingerprint density at radius 1 is 1.35 bits per heavy atom. The lowest BCUT2D eigenvalue weighted by Crippen LogP contribution is -2.08. The number of aromatic nitrogens is 3. The highest BCUT2D eigenvalue weighted by molar-refractivity contribution is 5.31. The third-order valence-corrected chi connectivity index (χ3v) is 2.50. The Hall–Kier alpha value is -1.82. The molecule has 1 unspecified atom stereocenters. The molecule has 1 atom stereocenters. The monoisotopic (exact) mass is 238 g/mol. The summed E-state index contributed by atoms with van der Waals surface area (Å²) >= 11 is 0. The molecule has 0 saturated heterocycles. The average molecular weight is 238 g/mol. The highest BCUT2D eigenvalue weighted by Gasteiger charge is 2.10. The molecule has 4 nitrogen and oxygen atoms in total. The Labute approximate surface area is 97.0 Å². The Morgan fingerprint density at radius 2 is 2.12 bits per heavy atom. The normalized spacial score (nSPS) is 12.7. The summed E-state index contributed by atoms with van der Waals surface area (Å²) in [5, 5.41) is 7.71. The van der Waals surface area contributed by atoms with Crippen molar-refractivity contribution in [2.45, 2.75) is 19.4 Å². The van der Waals surface area contributed by atoms with Gasteiger partial charge < -0.3 is 5.73 Å². The molecule has 17 heavy (non-hydrogen) atoms. The van der Waals surface area contributed by atoms with Crippen molar-refractivity contribution >= 4 is 0 Å². The number of hydrogen-bond donors (Lipinski definition) is 1. The van der Waals surface area contributed by atoms with Crippen molar-refractivity contribution < 1.29 is 8.78 Å². The number of benzene rings is 1. The molecule has 6 heteroatoms. The predicted molar refractivity (Wildman–Crippen MR) is 58.5 cm³/mol. The van der Waals surface area contributed by atoms with Gasteiger partial charge in [-0.1, -0.05) is 12.1 Å². The minimum atomic E-state index is -0.917. The molecule has 0 spiro atoms. The minimum Gasteiger partial charge on any atom is -0.323 e. The van der Waals surface area contributed by atoms with Crippen LogP contribution < -0.4 is 5.73 Å². The third-order valence-electron chi connectivity index (χ3n) is 2.50. The summed E-state index contributed by atoms with van der Waals surface area (Å²) < 4.78 is 27.2. The molecule has 0 aliphatic heterocycles. The van der Waals surface area contributed by atoms with Crippen molar-refractivity contribution in [3.8, 4) is 5.69 Å². The maximum absolute atomic E-state index is 13.0. The minimum absolute atomic E-state index is 0.200.